The number of rotatable bonds is 7. The van der Waals surface area contributed by atoms with Crippen LogP contribution in [0.1, 0.15) is 15.9 Å². The van der Waals surface area contributed by atoms with Gasteiger partial charge in [0.1, 0.15) is 11.6 Å². The van der Waals surface area contributed by atoms with Gasteiger partial charge in [-0.3, -0.25) is 4.79 Å². The van der Waals surface area contributed by atoms with Gasteiger partial charge in [0.05, 0.1) is 5.56 Å². The van der Waals surface area contributed by atoms with Crippen molar-refractivity contribution in [1.82, 2.24) is 9.88 Å². The van der Waals surface area contributed by atoms with Crippen LogP contribution in [0.5, 0.6) is 0 Å². The van der Waals surface area contributed by atoms with Gasteiger partial charge in [0.2, 0.25) is 0 Å². The van der Waals surface area contributed by atoms with Crippen molar-refractivity contribution in [3.63, 3.8) is 0 Å². The van der Waals surface area contributed by atoms with E-state index in [2.05, 4.69) is 9.88 Å². The van der Waals surface area contributed by atoms with Gasteiger partial charge in [-0.25, -0.2) is 8.78 Å². The summed E-state index contributed by atoms with van der Waals surface area (Å²) in [6, 6.07) is 20.7. The van der Waals surface area contributed by atoms with Gasteiger partial charge in [-0.15, -0.1) is 11.8 Å². The van der Waals surface area contributed by atoms with Gasteiger partial charge < -0.3 is 9.88 Å². The number of benzene rings is 3. The Morgan fingerprint density at radius 2 is 1.60 bits per heavy atom. The largest absolute Gasteiger partial charge is 0.350 e. The van der Waals surface area contributed by atoms with Gasteiger partial charge in [0.25, 0.3) is 5.91 Å². The number of hydrogen-bond donors (Lipinski definition) is 1. The third kappa shape index (κ3) is 4.39. The number of fused-ring (bicyclic) bond motifs is 1. The van der Waals surface area contributed by atoms with E-state index in [1.165, 1.54) is 18.2 Å². The summed E-state index contributed by atoms with van der Waals surface area (Å²) in [4.78, 5) is 13.3. The summed E-state index contributed by atoms with van der Waals surface area (Å²) >= 11 is 1.58. The molecule has 6 heteroatoms. The van der Waals surface area contributed by atoms with Crippen molar-refractivity contribution < 1.29 is 13.6 Å². The molecule has 0 aliphatic rings. The summed E-state index contributed by atoms with van der Waals surface area (Å²) in [5.74, 6) is -0.637. The first kappa shape index (κ1) is 20.2. The van der Waals surface area contributed by atoms with E-state index in [4.69, 9.17) is 0 Å². The topological polar surface area (TPSA) is 34.0 Å². The molecule has 4 rings (SSSR count). The summed E-state index contributed by atoms with van der Waals surface area (Å²) in [5, 5.41) is 3.85. The number of nitrogens with one attached hydrogen (secondary N) is 1. The highest BCUT2D eigenvalue weighted by Crippen LogP contribution is 2.32. The van der Waals surface area contributed by atoms with Crippen LogP contribution in [0.3, 0.4) is 0 Å². The predicted octanol–water partition coefficient (Wildman–Crippen LogP) is 5.64. The minimum atomic E-state index is -0.534. The molecule has 152 valence electrons. The first-order valence-electron chi connectivity index (χ1n) is 9.60. The molecule has 30 heavy (non-hydrogen) atoms. The molecule has 0 spiro atoms. The van der Waals surface area contributed by atoms with Crippen molar-refractivity contribution in [3.05, 3.63) is 102 Å². The maximum absolute atomic E-state index is 13.9. The zero-order chi connectivity index (χ0) is 20.9. The number of amides is 1. The van der Waals surface area contributed by atoms with Crippen molar-refractivity contribution in [2.75, 3.05) is 6.54 Å². The van der Waals surface area contributed by atoms with E-state index < -0.39 is 11.7 Å². The normalized spacial score (nSPS) is 11.0. The fourth-order valence-corrected chi connectivity index (χ4v) is 4.39. The van der Waals surface area contributed by atoms with E-state index in [0.29, 0.717) is 24.4 Å². The molecular formula is C24H20F2N2OS. The summed E-state index contributed by atoms with van der Waals surface area (Å²) in [6.07, 6.45) is 2.02. The number of carbonyl (C=O) groups excluding carboxylic acids is 1. The van der Waals surface area contributed by atoms with Gasteiger partial charge in [-0.2, -0.15) is 0 Å². The predicted molar refractivity (Wildman–Crippen MR) is 117 cm³/mol. The van der Waals surface area contributed by atoms with Gasteiger partial charge in [-0.1, -0.05) is 48.5 Å². The quantitative estimate of drug-likeness (QED) is 0.391. The minimum absolute atomic E-state index is 0.0380. The molecular weight excluding hydrogens is 402 g/mol. The van der Waals surface area contributed by atoms with E-state index >= 15 is 0 Å². The Balaban J connectivity index is 1.46. The van der Waals surface area contributed by atoms with Crippen molar-refractivity contribution >= 4 is 28.6 Å². The van der Waals surface area contributed by atoms with Crippen LogP contribution in [-0.2, 0) is 12.3 Å². The number of aromatic nitrogens is 1. The van der Waals surface area contributed by atoms with Crippen LogP contribution in [0.25, 0.3) is 10.9 Å². The zero-order valence-electron chi connectivity index (χ0n) is 16.1. The minimum Gasteiger partial charge on any atom is -0.350 e. The molecule has 1 heterocycles. The highest BCUT2D eigenvalue weighted by Gasteiger charge is 2.12. The number of hydrogen-bond acceptors (Lipinski definition) is 2. The van der Waals surface area contributed by atoms with E-state index in [0.717, 1.165) is 15.8 Å². The van der Waals surface area contributed by atoms with Crippen LogP contribution in [-0.4, -0.2) is 17.0 Å². The van der Waals surface area contributed by atoms with Crippen molar-refractivity contribution in [2.24, 2.45) is 0 Å². The van der Waals surface area contributed by atoms with E-state index in [9.17, 15) is 13.6 Å². The average molecular weight is 423 g/mol. The molecule has 0 radical (unpaired) electrons. The van der Waals surface area contributed by atoms with Crippen molar-refractivity contribution in [3.8, 4) is 0 Å². The Kier molecular flexibility index (Phi) is 6.14. The molecule has 0 unspecified atom stereocenters. The molecule has 4 aromatic rings. The van der Waals surface area contributed by atoms with Crippen LogP contribution in [0.4, 0.5) is 8.78 Å². The molecule has 0 fully saturated rings. The standard InChI is InChI=1S/C24H20F2N2OS/c25-20-10-4-1-7-17(20)16-30-23-15-28(22-12-6-3-9-19(22)23)14-13-27-24(29)18-8-2-5-11-21(18)26/h1-12,15H,13-14,16H2,(H,27,29). The second-order valence-electron chi connectivity index (χ2n) is 6.82. The fraction of sp³-hybridized carbons (Fsp3) is 0.125. The molecule has 0 aliphatic heterocycles. The SMILES string of the molecule is O=C(NCCn1cc(SCc2ccccc2F)c2ccccc21)c1ccccc1F. The van der Waals surface area contributed by atoms with Crippen LogP contribution in [0.15, 0.2) is 83.9 Å². The first-order chi connectivity index (χ1) is 14.6. The molecule has 3 aromatic carbocycles. The Morgan fingerprint density at radius 1 is 0.900 bits per heavy atom. The molecule has 0 saturated heterocycles. The monoisotopic (exact) mass is 422 g/mol. The van der Waals surface area contributed by atoms with Crippen LogP contribution in [0.2, 0.25) is 0 Å². The van der Waals surface area contributed by atoms with Crippen molar-refractivity contribution in [2.45, 2.75) is 17.2 Å². The van der Waals surface area contributed by atoms with E-state index in [1.54, 1.807) is 36.0 Å². The van der Waals surface area contributed by atoms with Gasteiger partial charge >= 0.3 is 0 Å². The number of para-hydroxylation sites is 1. The highest BCUT2D eigenvalue weighted by molar-refractivity contribution is 7.98. The Bertz CT molecular complexity index is 1190. The fourth-order valence-electron chi connectivity index (χ4n) is 3.31. The van der Waals surface area contributed by atoms with Gasteiger partial charge in [0.15, 0.2) is 0 Å². The molecule has 0 saturated carbocycles. The summed E-state index contributed by atoms with van der Waals surface area (Å²) < 4.78 is 29.8. The lowest BCUT2D eigenvalue weighted by Gasteiger charge is -2.08. The summed E-state index contributed by atoms with van der Waals surface area (Å²) in [5.41, 5.74) is 1.74. The molecule has 0 bridgehead atoms. The maximum Gasteiger partial charge on any atom is 0.254 e. The number of halogens is 2. The third-order valence-corrected chi connectivity index (χ3v) is 5.94. The molecule has 0 aliphatic carbocycles. The van der Waals surface area contributed by atoms with Gasteiger partial charge in [0, 0.05) is 40.8 Å². The molecule has 0 atom stereocenters. The Labute approximate surface area is 177 Å². The summed E-state index contributed by atoms with van der Waals surface area (Å²) in [6.45, 7) is 0.907. The molecule has 1 aromatic heterocycles. The summed E-state index contributed by atoms with van der Waals surface area (Å²) in [7, 11) is 0. The van der Waals surface area contributed by atoms with Crippen LogP contribution < -0.4 is 5.32 Å². The first-order valence-corrected chi connectivity index (χ1v) is 10.6. The smallest absolute Gasteiger partial charge is 0.254 e. The average Bonchev–Trinajstić information content (AvgIpc) is 3.11. The van der Waals surface area contributed by atoms with Gasteiger partial charge in [-0.05, 0) is 29.8 Å². The zero-order valence-corrected chi connectivity index (χ0v) is 17.0. The molecule has 1 amide bonds. The molecule has 3 nitrogen and oxygen atoms in total. The van der Waals surface area contributed by atoms with Crippen LogP contribution in [0, 0.1) is 11.6 Å². The second kappa shape index (κ2) is 9.13. The lowest BCUT2D eigenvalue weighted by atomic mass is 10.2. The Morgan fingerprint density at radius 3 is 2.40 bits per heavy atom. The van der Waals surface area contributed by atoms with Crippen LogP contribution >= 0.6 is 11.8 Å². The highest BCUT2D eigenvalue weighted by atomic mass is 32.2. The van der Waals surface area contributed by atoms with Crippen molar-refractivity contribution in [1.29, 1.82) is 0 Å². The third-order valence-electron chi connectivity index (χ3n) is 4.85. The Hall–Kier alpha value is -3.12. The molecule has 1 N–H and O–H groups in total. The number of nitrogens with zero attached hydrogens (tertiary/aromatic N) is 1. The lowest BCUT2D eigenvalue weighted by Crippen LogP contribution is -2.27. The van der Waals surface area contributed by atoms with E-state index in [1.807, 2.05) is 36.5 Å². The van der Waals surface area contributed by atoms with E-state index in [-0.39, 0.29) is 11.4 Å². The number of carbonyl (C=O) groups is 1. The second-order valence-corrected chi connectivity index (χ2v) is 7.84. The maximum atomic E-state index is 13.9. The lowest BCUT2D eigenvalue weighted by molar-refractivity contribution is 0.0948. The number of thioether (sulfide) groups is 1.